The Morgan fingerprint density at radius 2 is 2.08 bits per heavy atom. The molecule has 1 aliphatic heterocycles. The molecule has 9 heteroatoms. The fourth-order valence-corrected chi connectivity index (χ4v) is 2.88. The Balaban J connectivity index is 2.15. The van der Waals surface area contributed by atoms with Crippen LogP contribution < -0.4 is 0 Å². The van der Waals surface area contributed by atoms with Crippen molar-refractivity contribution in [2.24, 2.45) is 0 Å². The summed E-state index contributed by atoms with van der Waals surface area (Å²) in [6.07, 6.45) is 1.90. The van der Waals surface area contributed by atoms with E-state index < -0.39 is 23.5 Å². The van der Waals surface area contributed by atoms with Crippen molar-refractivity contribution in [1.29, 1.82) is 0 Å². The zero-order valence-corrected chi connectivity index (χ0v) is 15.0. The van der Waals surface area contributed by atoms with Gasteiger partial charge < -0.3 is 14.7 Å². The SMILES string of the molecule is C[C@@H]1CN(CC(=O)O)[C@@H](Cn2cc(F)cn2)CN1C(=O)OC(C)(C)C. The summed E-state index contributed by atoms with van der Waals surface area (Å²) < 4.78 is 20.0. The van der Waals surface area contributed by atoms with Gasteiger partial charge in [0.15, 0.2) is 5.82 Å². The van der Waals surface area contributed by atoms with Crippen LogP contribution in [0.15, 0.2) is 12.4 Å². The van der Waals surface area contributed by atoms with Crippen LogP contribution in [0.4, 0.5) is 9.18 Å². The van der Waals surface area contributed by atoms with Crippen molar-refractivity contribution < 1.29 is 23.8 Å². The Hall–Kier alpha value is -2.16. The van der Waals surface area contributed by atoms with Crippen molar-refractivity contribution in [2.45, 2.75) is 51.9 Å². The second kappa shape index (κ2) is 7.38. The first-order valence-corrected chi connectivity index (χ1v) is 8.18. The first-order chi connectivity index (χ1) is 11.5. The first kappa shape index (κ1) is 19.2. The van der Waals surface area contributed by atoms with Gasteiger partial charge in [0.2, 0.25) is 0 Å². The average Bonchev–Trinajstić information content (AvgIpc) is 2.84. The molecule has 0 aromatic carbocycles. The van der Waals surface area contributed by atoms with E-state index in [0.29, 0.717) is 6.54 Å². The van der Waals surface area contributed by atoms with Crippen LogP contribution in [0.2, 0.25) is 0 Å². The molecule has 0 unspecified atom stereocenters. The van der Waals surface area contributed by atoms with E-state index in [9.17, 15) is 14.0 Å². The van der Waals surface area contributed by atoms with Crippen LogP contribution in [0.5, 0.6) is 0 Å². The highest BCUT2D eigenvalue weighted by atomic mass is 19.1. The number of nitrogens with zero attached hydrogens (tertiary/aromatic N) is 4. The van der Waals surface area contributed by atoms with Gasteiger partial charge in [-0.05, 0) is 27.7 Å². The van der Waals surface area contributed by atoms with Gasteiger partial charge in [-0.1, -0.05) is 0 Å². The molecule has 2 atom stereocenters. The van der Waals surface area contributed by atoms with Crippen LogP contribution in [0.3, 0.4) is 0 Å². The normalized spacial score (nSPS) is 22.0. The van der Waals surface area contributed by atoms with Gasteiger partial charge in [0.1, 0.15) is 5.60 Å². The molecule has 2 heterocycles. The van der Waals surface area contributed by atoms with Gasteiger partial charge in [0, 0.05) is 25.2 Å². The van der Waals surface area contributed by atoms with E-state index in [-0.39, 0.29) is 31.7 Å². The number of hydrogen-bond donors (Lipinski definition) is 1. The van der Waals surface area contributed by atoms with Crippen molar-refractivity contribution in [3.8, 4) is 0 Å². The van der Waals surface area contributed by atoms with E-state index in [1.807, 2.05) is 6.92 Å². The van der Waals surface area contributed by atoms with Gasteiger partial charge >= 0.3 is 12.1 Å². The molecular weight excluding hydrogens is 331 g/mol. The Morgan fingerprint density at radius 3 is 2.60 bits per heavy atom. The minimum atomic E-state index is -0.949. The molecule has 25 heavy (non-hydrogen) atoms. The summed E-state index contributed by atoms with van der Waals surface area (Å²) in [4.78, 5) is 27.0. The zero-order valence-electron chi connectivity index (χ0n) is 15.0. The molecular formula is C16H25FN4O4. The number of hydrogen-bond acceptors (Lipinski definition) is 5. The lowest BCUT2D eigenvalue weighted by Gasteiger charge is -2.44. The number of carboxylic acids is 1. The number of piperazine rings is 1. The summed E-state index contributed by atoms with van der Waals surface area (Å²) in [6.45, 7) is 8.03. The van der Waals surface area contributed by atoms with Crippen LogP contribution in [-0.2, 0) is 16.1 Å². The van der Waals surface area contributed by atoms with E-state index in [1.54, 1.807) is 30.6 Å². The van der Waals surface area contributed by atoms with E-state index in [1.165, 1.54) is 10.9 Å². The monoisotopic (exact) mass is 356 g/mol. The standard InChI is InChI=1S/C16H25FN4O4/c1-11-6-19(10-14(22)23)13(8-20-7-12(17)5-18-20)9-21(11)15(24)25-16(2,3)4/h5,7,11,13H,6,8-10H2,1-4H3,(H,22,23)/t11-,13+/m1/s1. The number of ether oxygens (including phenoxy) is 1. The molecule has 8 nitrogen and oxygen atoms in total. The number of carbonyl (C=O) groups excluding carboxylic acids is 1. The van der Waals surface area contributed by atoms with Gasteiger partial charge in [-0.2, -0.15) is 5.10 Å². The van der Waals surface area contributed by atoms with Crippen molar-refractivity contribution in [3.63, 3.8) is 0 Å². The van der Waals surface area contributed by atoms with E-state index in [2.05, 4.69) is 5.10 Å². The number of carboxylic acid groups (broad SMARTS) is 1. The molecule has 2 rings (SSSR count). The average molecular weight is 356 g/mol. The Labute approximate surface area is 146 Å². The highest BCUT2D eigenvalue weighted by molar-refractivity contribution is 5.70. The molecule has 0 radical (unpaired) electrons. The van der Waals surface area contributed by atoms with Crippen molar-refractivity contribution in [1.82, 2.24) is 19.6 Å². The number of aromatic nitrogens is 2. The summed E-state index contributed by atoms with van der Waals surface area (Å²) in [5, 5.41) is 13.0. The van der Waals surface area contributed by atoms with Crippen LogP contribution in [0, 0.1) is 5.82 Å². The lowest BCUT2D eigenvalue weighted by molar-refractivity contribution is -0.140. The largest absolute Gasteiger partial charge is 0.480 e. The smallest absolute Gasteiger partial charge is 0.410 e. The molecule has 0 saturated carbocycles. The van der Waals surface area contributed by atoms with Gasteiger partial charge in [0.05, 0.1) is 25.5 Å². The molecule has 1 amide bonds. The van der Waals surface area contributed by atoms with Crippen molar-refractivity contribution in [2.75, 3.05) is 19.6 Å². The maximum atomic E-state index is 13.2. The molecule has 0 bridgehead atoms. The number of rotatable bonds is 4. The molecule has 0 aliphatic carbocycles. The summed E-state index contributed by atoms with van der Waals surface area (Å²) in [5.74, 6) is -1.41. The fourth-order valence-electron chi connectivity index (χ4n) is 2.88. The van der Waals surface area contributed by atoms with E-state index in [0.717, 1.165) is 6.20 Å². The maximum absolute atomic E-state index is 13.2. The van der Waals surface area contributed by atoms with Crippen LogP contribution >= 0.6 is 0 Å². The molecule has 1 aromatic heterocycles. The van der Waals surface area contributed by atoms with Gasteiger partial charge in [-0.25, -0.2) is 9.18 Å². The summed E-state index contributed by atoms with van der Waals surface area (Å²) in [6, 6.07) is -0.501. The van der Waals surface area contributed by atoms with Gasteiger partial charge in [0.25, 0.3) is 0 Å². The van der Waals surface area contributed by atoms with Crippen molar-refractivity contribution in [3.05, 3.63) is 18.2 Å². The number of carbonyl (C=O) groups is 2. The molecule has 140 valence electrons. The molecule has 0 spiro atoms. The number of halogens is 1. The topological polar surface area (TPSA) is 87.9 Å². The lowest BCUT2D eigenvalue weighted by atomic mass is 10.1. The summed E-state index contributed by atoms with van der Waals surface area (Å²) in [7, 11) is 0. The minimum Gasteiger partial charge on any atom is -0.480 e. The predicted molar refractivity (Wildman–Crippen MR) is 87.6 cm³/mol. The third-order valence-corrected chi connectivity index (χ3v) is 3.92. The van der Waals surface area contributed by atoms with E-state index in [4.69, 9.17) is 9.84 Å². The van der Waals surface area contributed by atoms with Crippen molar-refractivity contribution >= 4 is 12.1 Å². The third-order valence-electron chi connectivity index (χ3n) is 3.92. The predicted octanol–water partition coefficient (Wildman–Crippen LogP) is 1.42. The number of amides is 1. The molecule has 1 N–H and O–H groups in total. The summed E-state index contributed by atoms with van der Waals surface area (Å²) >= 11 is 0. The third kappa shape index (κ3) is 5.42. The van der Waals surface area contributed by atoms with Crippen LogP contribution in [-0.4, -0.2) is 74.1 Å². The maximum Gasteiger partial charge on any atom is 0.410 e. The Morgan fingerprint density at radius 1 is 1.40 bits per heavy atom. The molecule has 1 aromatic rings. The second-order valence-electron chi connectivity index (χ2n) is 7.34. The summed E-state index contributed by atoms with van der Waals surface area (Å²) in [5.41, 5.74) is -0.615. The zero-order chi connectivity index (χ0) is 18.8. The minimum absolute atomic E-state index is 0.152. The second-order valence-corrected chi connectivity index (χ2v) is 7.34. The van der Waals surface area contributed by atoms with Gasteiger partial charge in [-0.3, -0.25) is 14.4 Å². The fraction of sp³-hybridized carbons (Fsp3) is 0.688. The highest BCUT2D eigenvalue weighted by Crippen LogP contribution is 2.20. The Bertz CT molecular complexity index is 628. The first-order valence-electron chi connectivity index (χ1n) is 8.18. The Kier molecular flexibility index (Phi) is 5.66. The quantitative estimate of drug-likeness (QED) is 0.878. The molecule has 1 saturated heterocycles. The van der Waals surface area contributed by atoms with Crippen LogP contribution in [0.25, 0.3) is 0 Å². The highest BCUT2D eigenvalue weighted by Gasteiger charge is 2.37. The van der Waals surface area contributed by atoms with E-state index >= 15 is 0 Å². The molecule has 1 fully saturated rings. The number of aliphatic carboxylic acids is 1. The van der Waals surface area contributed by atoms with Gasteiger partial charge in [-0.15, -0.1) is 0 Å². The van der Waals surface area contributed by atoms with Crippen LogP contribution in [0.1, 0.15) is 27.7 Å². The molecule has 1 aliphatic rings. The lowest BCUT2D eigenvalue weighted by Crippen LogP contribution is -2.61.